The highest BCUT2D eigenvalue weighted by Gasteiger charge is 2.25. The summed E-state index contributed by atoms with van der Waals surface area (Å²) >= 11 is 0. The number of anilines is 1. The van der Waals surface area contributed by atoms with Gasteiger partial charge in [-0.1, -0.05) is 42.0 Å². The summed E-state index contributed by atoms with van der Waals surface area (Å²) < 4.78 is 0. The van der Waals surface area contributed by atoms with Crippen LogP contribution in [0.1, 0.15) is 34.7 Å². The van der Waals surface area contributed by atoms with Crippen LogP contribution in [0.15, 0.2) is 36.4 Å². The minimum Gasteiger partial charge on any atom is -0.336 e. The molecule has 1 heterocycles. The molecule has 26 heavy (non-hydrogen) atoms. The van der Waals surface area contributed by atoms with Crippen LogP contribution < -0.4 is 4.90 Å². The Balaban J connectivity index is 1.81. The lowest BCUT2D eigenvalue weighted by Gasteiger charge is -2.32. The van der Waals surface area contributed by atoms with Gasteiger partial charge in [0.1, 0.15) is 6.54 Å². The molecule has 136 valence electrons. The number of benzene rings is 2. The molecule has 1 aliphatic rings. The van der Waals surface area contributed by atoms with Crippen molar-refractivity contribution in [1.29, 1.82) is 0 Å². The Morgan fingerprint density at radius 2 is 1.65 bits per heavy atom. The third kappa shape index (κ3) is 3.64. The molecule has 0 saturated carbocycles. The summed E-state index contributed by atoms with van der Waals surface area (Å²) in [4.78, 5) is 28.7. The number of carbonyl (C=O) groups is 2. The van der Waals surface area contributed by atoms with E-state index in [9.17, 15) is 9.59 Å². The zero-order valence-corrected chi connectivity index (χ0v) is 16.0. The molecule has 0 saturated heterocycles. The van der Waals surface area contributed by atoms with Gasteiger partial charge in [-0.15, -0.1) is 0 Å². The summed E-state index contributed by atoms with van der Waals surface area (Å²) in [5.74, 6) is -0.111. The van der Waals surface area contributed by atoms with Gasteiger partial charge in [0.2, 0.25) is 11.8 Å². The lowest BCUT2D eigenvalue weighted by Crippen LogP contribution is -2.44. The fourth-order valence-electron chi connectivity index (χ4n) is 3.89. The first-order valence-corrected chi connectivity index (χ1v) is 9.07. The van der Waals surface area contributed by atoms with Crippen LogP contribution >= 0.6 is 0 Å². The van der Waals surface area contributed by atoms with Crippen molar-refractivity contribution in [3.8, 4) is 0 Å². The molecular formula is C22H26N2O2. The highest BCUT2D eigenvalue weighted by atomic mass is 16.2. The molecule has 0 aromatic heterocycles. The van der Waals surface area contributed by atoms with Crippen LogP contribution in [0.25, 0.3) is 0 Å². The molecule has 2 aromatic rings. The fourth-order valence-corrected chi connectivity index (χ4v) is 3.89. The molecule has 2 aromatic carbocycles. The SMILES string of the molecule is CC(=O)N(CC(=O)N1CCc2ccccc2C1)c1c(C)cc(C)cc1C. The molecule has 4 nitrogen and oxygen atoms in total. The van der Waals surface area contributed by atoms with Crippen molar-refractivity contribution >= 4 is 17.5 Å². The average Bonchev–Trinajstić information content (AvgIpc) is 2.59. The normalized spacial score (nSPS) is 13.3. The summed E-state index contributed by atoms with van der Waals surface area (Å²) in [6.45, 7) is 8.96. The standard InChI is InChI=1S/C22H26N2O2/c1-15-11-16(2)22(17(3)12-15)24(18(4)25)14-21(26)23-10-9-19-7-5-6-8-20(19)13-23/h5-8,11-12H,9-10,13-14H2,1-4H3. The van der Waals surface area contributed by atoms with E-state index in [0.29, 0.717) is 13.1 Å². The van der Waals surface area contributed by atoms with Gasteiger partial charge in [-0.05, 0) is 49.4 Å². The lowest BCUT2D eigenvalue weighted by atomic mass is 10.00. The van der Waals surface area contributed by atoms with E-state index >= 15 is 0 Å². The van der Waals surface area contributed by atoms with E-state index in [-0.39, 0.29) is 18.4 Å². The van der Waals surface area contributed by atoms with Gasteiger partial charge in [0.05, 0.1) is 5.69 Å². The monoisotopic (exact) mass is 350 g/mol. The van der Waals surface area contributed by atoms with E-state index in [1.807, 2.05) is 37.8 Å². The van der Waals surface area contributed by atoms with Crippen molar-refractivity contribution in [2.45, 2.75) is 40.7 Å². The second-order valence-corrected chi connectivity index (χ2v) is 7.19. The van der Waals surface area contributed by atoms with Gasteiger partial charge in [0, 0.05) is 20.0 Å². The predicted octanol–water partition coefficient (Wildman–Crippen LogP) is 3.55. The molecule has 0 bridgehead atoms. The van der Waals surface area contributed by atoms with Crippen LogP contribution in [0, 0.1) is 20.8 Å². The maximum Gasteiger partial charge on any atom is 0.242 e. The Kier molecular flexibility index (Phi) is 5.12. The molecule has 1 aliphatic heterocycles. The summed E-state index contributed by atoms with van der Waals surface area (Å²) in [7, 11) is 0. The van der Waals surface area contributed by atoms with E-state index < -0.39 is 0 Å². The van der Waals surface area contributed by atoms with Crippen LogP contribution in [-0.2, 0) is 22.6 Å². The molecule has 0 atom stereocenters. The van der Waals surface area contributed by atoms with Crippen molar-refractivity contribution in [3.05, 3.63) is 64.2 Å². The van der Waals surface area contributed by atoms with Gasteiger partial charge < -0.3 is 9.80 Å². The lowest BCUT2D eigenvalue weighted by molar-refractivity contribution is -0.132. The van der Waals surface area contributed by atoms with E-state index in [4.69, 9.17) is 0 Å². The van der Waals surface area contributed by atoms with Gasteiger partial charge in [-0.2, -0.15) is 0 Å². The number of carbonyl (C=O) groups excluding carboxylic acids is 2. The van der Waals surface area contributed by atoms with Crippen LogP contribution in [0.3, 0.4) is 0 Å². The van der Waals surface area contributed by atoms with Crippen LogP contribution in [0.5, 0.6) is 0 Å². The molecule has 2 amide bonds. The highest BCUT2D eigenvalue weighted by Crippen LogP contribution is 2.27. The van der Waals surface area contributed by atoms with E-state index in [1.54, 1.807) is 4.90 Å². The summed E-state index contributed by atoms with van der Waals surface area (Å²) in [6, 6.07) is 12.4. The molecule has 0 fully saturated rings. The largest absolute Gasteiger partial charge is 0.336 e. The number of fused-ring (bicyclic) bond motifs is 1. The quantitative estimate of drug-likeness (QED) is 0.849. The van der Waals surface area contributed by atoms with Gasteiger partial charge in [-0.3, -0.25) is 9.59 Å². The van der Waals surface area contributed by atoms with Crippen LogP contribution in [0.2, 0.25) is 0 Å². The second-order valence-electron chi connectivity index (χ2n) is 7.19. The maximum absolute atomic E-state index is 12.9. The first-order chi connectivity index (χ1) is 12.4. The Hall–Kier alpha value is -2.62. The Morgan fingerprint density at radius 3 is 2.27 bits per heavy atom. The number of rotatable bonds is 3. The highest BCUT2D eigenvalue weighted by molar-refractivity contribution is 5.98. The fraction of sp³-hybridized carbons (Fsp3) is 0.364. The number of hydrogen-bond acceptors (Lipinski definition) is 2. The third-order valence-corrected chi connectivity index (χ3v) is 5.06. The first-order valence-electron chi connectivity index (χ1n) is 9.07. The average molecular weight is 350 g/mol. The Morgan fingerprint density at radius 1 is 1.04 bits per heavy atom. The van der Waals surface area contributed by atoms with Gasteiger partial charge >= 0.3 is 0 Å². The minimum absolute atomic E-state index is 0.00548. The summed E-state index contributed by atoms with van der Waals surface area (Å²) in [5, 5.41) is 0. The molecule has 0 aliphatic carbocycles. The molecule has 0 N–H and O–H groups in total. The maximum atomic E-state index is 12.9. The molecule has 3 rings (SSSR count). The molecule has 0 unspecified atom stereocenters. The number of hydrogen-bond donors (Lipinski definition) is 0. The zero-order chi connectivity index (χ0) is 18.8. The first kappa shape index (κ1) is 18.2. The Bertz CT molecular complexity index is 834. The smallest absolute Gasteiger partial charge is 0.242 e. The summed E-state index contributed by atoms with van der Waals surface area (Å²) in [5.41, 5.74) is 6.57. The minimum atomic E-state index is -0.106. The van der Waals surface area contributed by atoms with Crippen molar-refractivity contribution in [2.24, 2.45) is 0 Å². The van der Waals surface area contributed by atoms with E-state index in [1.165, 1.54) is 18.1 Å². The Labute approximate surface area is 155 Å². The number of amides is 2. The summed E-state index contributed by atoms with van der Waals surface area (Å²) in [6.07, 6.45) is 0.866. The van der Waals surface area contributed by atoms with Crippen molar-refractivity contribution in [1.82, 2.24) is 4.90 Å². The molecular weight excluding hydrogens is 324 g/mol. The van der Waals surface area contributed by atoms with Crippen molar-refractivity contribution < 1.29 is 9.59 Å². The van der Waals surface area contributed by atoms with Crippen molar-refractivity contribution in [3.63, 3.8) is 0 Å². The van der Waals surface area contributed by atoms with Gasteiger partial charge in [0.25, 0.3) is 0 Å². The topological polar surface area (TPSA) is 40.6 Å². The van der Waals surface area contributed by atoms with Crippen LogP contribution in [-0.4, -0.2) is 29.8 Å². The number of nitrogens with zero attached hydrogens (tertiary/aromatic N) is 2. The molecule has 4 heteroatoms. The predicted molar refractivity (Wildman–Crippen MR) is 104 cm³/mol. The zero-order valence-electron chi connectivity index (χ0n) is 16.0. The second kappa shape index (κ2) is 7.32. The van der Waals surface area contributed by atoms with E-state index in [2.05, 4.69) is 24.3 Å². The third-order valence-electron chi connectivity index (χ3n) is 5.06. The van der Waals surface area contributed by atoms with E-state index in [0.717, 1.165) is 28.8 Å². The van der Waals surface area contributed by atoms with Crippen LogP contribution in [0.4, 0.5) is 5.69 Å². The number of aryl methyl sites for hydroxylation is 3. The van der Waals surface area contributed by atoms with Crippen molar-refractivity contribution in [2.75, 3.05) is 18.0 Å². The molecule has 0 spiro atoms. The van der Waals surface area contributed by atoms with Gasteiger partial charge in [0.15, 0.2) is 0 Å². The molecule has 0 radical (unpaired) electrons. The van der Waals surface area contributed by atoms with Gasteiger partial charge in [-0.25, -0.2) is 0 Å².